The average Bonchev–Trinajstić information content (AvgIpc) is 2.73. The van der Waals surface area contributed by atoms with Gasteiger partial charge in [-0.1, -0.05) is 0 Å². The zero-order valence-electron chi connectivity index (χ0n) is 7.36. The number of hydrogen-bond donors (Lipinski definition) is 2. The van der Waals surface area contributed by atoms with Crippen LogP contribution in [0.25, 0.3) is 0 Å². The Hall–Kier alpha value is -1.04. The van der Waals surface area contributed by atoms with Crippen molar-refractivity contribution in [2.75, 3.05) is 13.1 Å². The SMILES string of the molecule is FC(F)(F)c1ncc(C2CCNC2)[nH]1. The van der Waals surface area contributed by atoms with Gasteiger partial charge in [-0.3, -0.25) is 0 Å². The lowest BCUT2D eigenvalue weighted by atomic mass is 10.1. The van der Waals surface area contributed by atoms with E-state index in [0.717, 1.165) is 19.5 Å². The predicted molar refractivity (Wildman–Crippen MR) is 43.8 cm³/mol. The summed E-state index contributed by atoms with van der Waals surface area (Å²) in [7, 11) is 0. The molecule has 1 aliphatic heterocycles. The summed E-state index contributed by atoms with van der Waals surface area (Å²) in [6.07, 6.45) is -2.23. The van der Waals surface area contributed by atoms with Crippen molar-refractivity contribution in [3.05, 3.63) is 17.7 Å². The van der Waals surface area contributed by atoms with Crippen LogP contribution >= 0.6 is 0 Å². The van der Waals surface area contributed by atoms with Gasteiger partial charge in [0.2, 0.25) is 5.82 Å². The third kappa shape index (κ3) is 1.75. The van der Waals surface area contributed by atoms with Crippen molar-refractivity contribution in [1.29, 1.82) is 0 Å². The van der Waals surface area contributed by atoms with Crippen molar-refractivity contribution in [3.8, 4) is 0 Å². The Morgan fingerprint density at radius 2 is 2.21 bits per heavy atom. The Balaban J connectivity index is 2.17. The summed E-state index contributed by atoms with van der Waals surface area (Å²) in [5, 5.41) is 3.09. The Labute approximate surface area is 78.7 Å². The fraction of sp³-hybridized carbons (Fsp3) is 0.625. The molecule has 0 radical (unpaired) electrons. The van der Waals surface area contributed by atoms with Crippen molar-refractivity contribution < 1.29 is 13.2 Å². The largest absolute Gasteiger partial charge is 0.449 e. The van der Waals surface area contributed by atoms with E-state index in [0.29, 0.717) is 5.69 Å². The number of nitrogens with one attached hydrogen (secondary N) is 2. The van der Waals surface area contributed by atoms with E-state index in [1.807, 2.05) is 0 Å². The van der Waals surface area contributed by atoms with Crippen LogP contribution in [0.2, 0.25) is 0 Å². The maximum atomic E-state index is 12.2. The third-order valence-electron chi connectivity index (χ3n) is 2.36. The van der Waals surface area contributed by atoms with Crippen LogP contribution in [0.1, 0.15) is 23.9 Å². The Morgan fingerprint density at radius 3 is 2.71 bits per heavy atom. The molecule has 1 atom stereocenters. The van der Waals surface area contributed by atoms with Crippen molar-refractivity contribution >= 4 is 0 Å². The topological polar surface area (TPSA) is 40.7 Å². The lowest BCUT2D eigenvalue weighted by molar-refractivity contribution is -0.144. The molecule has 2 N–H and O–H groups in total. The van der Waals surface area contributed by atoms with Crippen molar-refractivity contribution in [3.63, 3.8) is 0 Å². The maximum Gasteiger partial charge on any atom is 0.449 e. The first-order chi connectivity index (χ1) is 6.57. The molecule has 0 spiro atoms. The van der Waals surface area contributed by atoms with E-state index in [1.54, 1.807) is 0 Å². The van der Waals surface area contributed by atoms with Gasteiger partial charge in [-0.25, -0.2) is 4.98 Å². The number of hydrogen-bond acceptors (Lipinski definition) is 2. The third-order valence-corrected chi connectivity index (χ3v) is 2.36. The first-order valence-electron chi connectivity index (χ1n) is 4.40. The van der Waals surface area contributed by atoms with Gasteiger partial charge in [-0.15, -0.1) is 0 Å². The maximum absolute atomic E-state index is 12.2. The fourth-order valence-electron chi connectivity index (χ4n) is 1.61. The zero-order valence-corrected chi connectivity index (χ0v) is 7.36. The van der Waals surface area contributed by atoms with Gasteiger partial charge in [0.1, 0.15) is 0 Å². The van der Waals surface area contributed by atoms with Gasteiger partial charge in [-0.2, -0.15) is 13.2 Å². The molecule has 1 fully saturated rings. The number of aromatic nitrogens is 2. The monoisotopic (exact) mass is 205 g/mol. The molecule has 6 heteroatoms. The van der Waals surface area contributed by atoms with E-state index < -0.39 is 12.0 Å². The van der Waals surface area contributed by atoms with Crippen LogP contribution in [0.15, 0.2) is 6.20 Å². The second-order valence-corrected chi connectivity index (χ2v) is 3.37. The summed E-state index contributed by atoms with van der Waals surface area (Å²) in [5.41, 5.74) is 0.572. The van der Waals surface area contributed by atoms with E-state index in [1.165, 1.54) is 6.20 Å². The summed E-state index contributed by atoms with van der Waals surface area (Å²) in [6, 6.07) is 0. The minimum atomic E-state index is -4.37. The summed E-state index contributed by atoms with van der Waals surface area (Å²) in [4.78, 5) is 5.64. The normalized spacial score (nSPS) is 22.9. The van der Waals surface area contributed by atoms with E-state index in [-0.39, 0.29) is 5.92 Å². The van der Waals surface area contributed by atoms with Gasteiger partial charge < -0.3 is 10.3 Å². The molecule has 0 saturated carbocycles. The zero-order chi connectivity index (χ0) is 10.2. The number of H-pyrrole nitrogens is 1. The summed E-state index contributed by atoms with van der Waals surface area (Å²) >= 11 is 0. The molecule has 1 saturated heterocycles. The van der Waals surface area contributed by atoms with Gasteiger partial charge in [0, 0.05) is 24.4 Å². The smallest absolute Gasteiger partial charge is 0.338 e. The van der Waals surface area contributed by atoms with Crippen LogP contribution in [0, 0.1) is 0 Å². The molecule has 0 aromatic carbocycles. The first kappa shape index (κ1) is 9.51. The molecule has 78 valence electrons. The molecule has 0 bridgehead atoms. The molecule has 2 heterocycles. The number of alkyl halides is 3. The molecular formula is C8H10F3N3. The molecule has 1 aliphatic rings. The van der Waals surface area contributed by atoms with Gasteiger partial charge in [0.05, 0.1) is 0 Å². The molecular weight excluding hydrogens is 195 g/mol. The average molecular weight is 205 g/mol. The number of aromatic amines is 1. The van der Waals surface area contributed by atoms with Crippen molar-refractivity contribution in [2.45, 2.75) is 18.5 Å². The highest BCUT2D eigenvalue weighted by molar-refractivity contribution is 5.11. The fourth-order valence-corrected chi connectivity index (χ4v) is 1.61. The first-order valence-corrected chi connectivity index (χ1v) is 4.40. The predicted octanol–water partition coefficient (Wildman–Crippen LogP) is 1.51. The minimum absolute atomic E-state index is 0.138. The Kier molecular flexibility index (Phi) is 2.22. The minimum Gasteiger partial charge on any atom is -0.338 e. The molecule has 0 amide bonds. The van der Waals surface area contributed by atoms with Gasteiger partial charge >= 0.3 is 6.18 Å². The molecule has 14 heavy (non-hydrogen) atoms. The highest BCUT2D eigenvalue weighted by atomic mass is 19.4. The lowest BCUT2D eigenvalue weighted by Gasteiger charge is -2.04. The van der Waals surface area contributed by atoms with Crippen LogP contribution < -0.4 is 5.32 Å². The van der Waals surface area contributed by atoms with Gasteiger partial charge in [0.15, 0.2) is 0 Å². The van der Waals surface area contributed by atoms with E-state index >= 15 is 0 Å². The Morgan fingerprint density at radius 1 is 1.43 bits per heavy atom. The van der Waals surface area contributed by atoms with Crippen LogP contribution in [-0.4, -0.2) is 23.1 Å². The van der Waals surface area contributed by atoms with Crippen LogP contribution in [0.5, 0.6) is 0 Å². The second-order valence-electron chi connectivity index (χ2n) is 3.37. The summed E-state index contributed by atoms with van der Waals surface area (Å²) in [6.45, 7) is 1.57. The molecule has 1 aromatic rings. The number of rotatable bonds is 1. The van der Waals surface area contributed by atoms with Gasteiger partial charge in [-0.05, 0) is 13.0 Å². The lowest BCUT2D eigenvalue weighted by Crippen LogP contribution is -2.10. The highest BCUT2D eigenvalue weighted by Crippen LogP contribution is 2.28. The van der Waals surface area contributed by atoms with E-state index in [9.17, 15) is 13.2 Å². The van der Waals surface area contributed by atoms with Crippen molar-refractivity contribution in [1.82, 2.24) is 15.3 Å². The van der Waals surface area contributed by atoms with Gasteiger partial charge in [0.25, 0.3) is 0 Å². The van der Waals surface area contributed by atoms with Crippen LogP contribution in [0.3, 0.4) is 0 Å². The highest BCUT2D eigenvalue weighted by Gasteiger charge is 2.35. The molecule has 2 rings (SSSR count). The van der Waals surface area contributed by atoms with E-state index in [2.05, 4.69) is 15.3 Å². The molecule has 1 aromatic heterocycles. The second kappa shape index (κ2) is 3.27. The van der Waals surface area contributed by atoms with E-state index in [4.69, 9.17) is 0 Å². The van der Waals surface area contributed by atoms with Crippen molar-refractivity contribution in [2.24, 2.45) is 0 Å². The summed E-state index contributed by atoms with van der Waals surface area (Å²) in [5.74, 6) is -0.766. The molecule has 1 unspecified atom stereocenters. The molecule has 0 aliphatic carbocycles. The number of halogens is 3. The standard InChI is InChI=1S/C8H10F3N3/c9-8(10,11)7-13-4-6(14-7)5-1-2-12-3-5/h4-5,12H,1-3H2,(H,13,14). The quantitative estimate of drug-likeness (QED) is 0.729. The van der Waals surface area contributed by atoms with Crippen LogP contribution in [-0.2, 0) is 6.18 Å². The number of imidazole rings is 1. The number of nitrogens with zero attached hydrogens (tertiary/aromatic N) is 1. The van der Waals surface area contributed by atoms with Crippen LogP contribution in [0.4, 0.5) is 13.2 Å². The Bertz CT molecular complexity index is 312. The summed E-state index contributed by atoms with van der Waals surface area (Å²) < 4.78 is 36.5. The molecule has 3 nitrogen and oxygen atoms in total.